The summed E-state index contributed by atoms with van der Waals surface area (Å²) in [6.45, 7) is 6.34. The highest BCUT2D eigenvalue weighted by Gasteiger charge is 2.31. The molecule has 2 rings (SSSR count). The zero-order valence-electron chi connectivity index (χ0n) is 11.8. The summed E-state index contributed by atoms with van der Waals surface area (Å²) in [4.78, 5) is 0. The van der Waals surface area contributed by atoms with Gasteiger partial charge in [-0.25, -0.2) is 0 Å². The van der Waals surface area contributed by atoms with Crippen LogP contribution in [0.5, 0.6) is 0 Å². The predicted octanol–water partition coefficient (Wildman–Crippen LogP) is 1.90. The molecule has 0 aliphatic carbocycles. The van der Waals surface area contributed by atoms with E-state index < -0.39 is 0 Å². The molecule has 1 aromatic rings. The van der Waals surface area contributed by atoms with Crippen molar-refractivity contribution in [2.24, 2.45) is 7.05 Å². The second-order valence-electron chi connectivity index (χ2n) is 5.57. The van der Waals surface area contributed by atoms with Gasteiger partial charge in [0.25, 0.3) is 0 Å². The van der Waals surface area contributed by atoms with Gasteiger partial charge in [-0.05, 0) is 44.7 Å². The number of aryl methyl sites for hydroxylation is 1. The second-order valence-corrected chi connectivity index (χ2v) is 5.57. The molecule has 18 heavy (non-hydrogen) atoms. The third-order valence-corrected chi connectivity index (χ3v) is 3.95. The topological polar surface area (TPSA) is 39.1 Å². The van der Waals surface area contributed by atoms with Gasteiger partial charge in [-0.3, -0.25) is 4.68 Å². The molecule has 0 bridgehead atoms. The first kappa shape index (κ1) is 13.6. The van der Waals surface area contributed by atoms with Crippen molar-refractivity contribution in [1.82, 2.24) is 15.1 Å². The van der Waals surface area contributed by atoms with E-state index >= 15 is 0 Å². The largest absolute Gasteiger partial charge is 0.375 e. The van der Waals surface area contributed by atoms with Crippen LogP contribution in [0, 0.1) is 0 Å². The van der Waals surface area contributed by atoms with Gasteiger partial charge in [-0.2, -0.15) is 5.10 Å². The first-order valence-electron chi connectivity index (χ1n) is 6.96. The number of ether oxygens (including phenoxy) is 1. The van der Waals surface area contributed by atoms with Gasteiger partial charge in [0.1, 0.15) is 0 Å². The average molecular weight is 251 g/mol. The smallest absolute Gasteiger partial charge is 0.0666 e. The van der Waals surface area contributed by atoms with Crippen LogP contribution in [0.3, 0.4) is 0 Å². The minimum Gasteiger partial charge on any atom is -0.375 e. The molecule has 1 saturated heterocycles. The monoisotopic (exact) mass is 251 g/mol. The molecule has 4 heteroatoms. The van der Waals surface area contributed by atoms with Gasteiger partial charge in [0, 0.05) is 25.9 Å². The molecule has 1 aromatic heterocycles. The second kappa shape index (κ2) is 5.85. The summed E-state index contributed by atoms with van der Waals surface area (Å²) in [7, 11) is 1.96. The van der Waals surface area contributed by atoms with Crippen molar-refractivity contribution in [2.45, 2.75) is 51.2 Å². The van der Waals surface area contributed by atoms with Crippen molar-refractivity contribution < 1.29 is 4.74 Å². The molecule has 0 saturated carbocycles. The number of nitrogens with one attached hydrogen (secondary N) is 1. The van der Waals surface area contributed by atoms with Crippen LogP contribution in [0.15, 0.2) is 12.4 Å². The Morgan fingerprint density at radius 2 is 2.44 bits per heavy atom. The van der Waals surface area contributed by atoms with Crippen LogP contribution in [-0.2, 0) is 18.2 Å². The quantitative estimate of drug-likeness (QED) is 0.868. The number of hydrogen-bond acceptors (Lipinski definition) is 3. The van der Waals surface area contributed by atoms with Crippen LogP contribution >= 0.6 is 0 Å². The van der Waals surface area contributed by atoms with Gasteiger partial charge in [0.2, 0.25) is 0 Å². The summed E-state index contributed by atoms with van der Waals surface area (Å²) >= 11 is 0. The molecule has 0 radical (unpaired) electrons. The third-order valence-electron chi connectivity index (χ3n) is 3.95. The molecular formula is C14H25N3O. The SMILES string of the molecule is CCC1(C)CC(NCCc2cnn(C)c2)CCO1. The summed E-state index contributed by atoms with van der Waals surface area (Å²) in [6.07, 6.45) is 8.42. The molecule has 102 valence electrons. The Balaban J connectivity index is 1.73. The molecule has 2 unspecified atom stereocenters. The molecule has 1 fully saturated rings. The lowest BCUT2D eigenvalue weighted by Gasteiger charge is -2.38. The van der Waals surface area contributed by atoms with Crippen molar-refractivity contribution in [3.8, 4) is 0 Å². The highest BCUT2D eigenvalue weighted by Crippen LogP contribution is 2.27. The van der Waals surface area contributed by atoms with Crippen molar-refractivity contribution in [3.63, 3.8) is 0 Å². The Kier molecular flexibility index (Phi) is 4.40. The van der Waals surface area contributed by atoms with E-state index in [1.807, 2.05) is 17.9 Å². The molecule has 2 atom stereocenters. The van der Waals surface area contributed by atoms with Gasteiger partial charge in [-0.1, -0.05) is 6.92 Å². The Morgan fingerprint density at radius 3 is 3.11 bits per heavy atom. The van der Waals surface area contributed by atoms with E-state index in [0.717, 1.165) is 38.8 Å². The fourth-order valence-electron chi connectivity index (χ4n) is 2.57. The number of rotatable bonds is 5. The highest BCUT2D eigenvalue weighted by atomic mass is 16.5. The van der Waals surface area contributed by atoms with E-state index in [4.69, 9.17) is 4.74 Å². The molecule has 1 aliphatic heterocycles. The van der Waals surface area contributed by atoms with E-state index in [1.165, 1.54) is 5.56 Å². The molecule has 0 aromatic carbocycles. The van der Waals surface area contributed by atoms with Crippen LogP contribution in [0.25, 0.3) is 0 Å². The Hall–Kier alpha value is -0.870. The summed E-state index contributed by atoms with van der Waals surface area (Å²) < 4.78 is 7.72. The standard InChI is InChI=1S/C14H25N3O/c1-4-14(2)9-13(6-8-18-14)15-7-5-12-10-16-17(3)11-12/h10-11,13,15H,4-9H2,1-3H3. The van der Waals surface area contributed by atoms with E-state index in [0.29, 0.717) is 6.04 Å². The number of nitrogens with zero attached hydrogens (tertiary/aromatic N) is 2. The fraction of sp³-hybridized carbons (Fsp3) is 0.786. The van der Waals surface area contributed by atoms with Crippen LogP contribution in [-0.4, -0.2) is 34.6 Å². The highest BCUT2D eigenvalue weighted by molar-refractivity contribution is 5.04. The van der Waals surface area contributed by atoms with Gasteiger partial charge < -0.3 is 10.1 Å². The normalized spacial score (nSPS) is 28.5. The molecule has 1 N–H and O–H groups in total. The molecular weight excluding hydrogens is 226 g/mol. The summed E-state index contributed by atoms with van der Waals surface area (Å²) in [6, 6.07) is 0.598. The van der Waals surface area contributed by atoms with Gasteiger partial charge in [0.15, 0.2) is 0 Å². The van der Waals surface area contributed by atoms with E-state index in [-0.39, 0.29) is 5.60 Å². The van der Waals surface area contributed by atoms with Gasteiger partial charge in [0.05, 0.1) is 11.8 Å². The van der Waals surface area contributed by atoms with E-state index in [1.54, 1.807) is 0 Å². The molecule has 0 amide bonds. The third kappa shape index (κ3) is 3.56. The Labute approximate surface area is 110 Å². The lowest BCUT2D eigenvalue weighted by molar-refractivity contribution is -0.0778. The van der Waals surface area contributed by atoms with Crippen molar-refractivity contribution in [3.05, 3.63) is 18.0 Å². The first-order valence-corrected chi connectivity index (χ1v) is 6.96. The predicted molar refractivity (Wildman–Crippen MR) is 72.6 cm³/mol. The average Bonchev–Trinajstić information content (AvgIpc) is 2.75. The zero-order chi connectivity index (χ0) is 13.0. The zero-order valence-corrected chi connectivity index (χ0v) is 11.8. The Morgan fingerprint density at radius 1 is 1.61 bits per heavy atom. The molecule has 0 spiro atoms. The van der Waals surface area contributed by atoms with Crippen LogP contribution in [0.2, 0.25) is 0 Å². The lowest BCUT2D eigenvalue weighted by atomic mass is 9.90. The van der Waals surface area contributed by atoms with Crippen LogP contribution < -0.4 is 5.32 Å². The molecule has 2 heterocycles. The minimum absolute atomic E-state index is 0.0736. The maximum atomic E-state index is 5.86. The van der Waals surface area contributed by atoms with Crippen LogP contribution in [0.1, 0.15) is 38.7 Å². The minimum atomic E-state index is 0.0736. The summed E-state index contributed by atoms with van der Waals surface area (Å²) in [5, 5.41) is 7.84. The lowest BCUT2D eigenvalue weighted by Crippen LogP contribution is -2.45. The summed E-state index contributed by atoms with van der Waals surface area (Å²) in [5.41, 5.74) is 1.37. The molecule has 1 aliphatic rings. The first-order chi connectivity index (χ1) is 8.61. The van der Waals surface area contributed by atoms with Crippen molar-refractivity contribution >= 4 is 0 Å². The van der Waals surface area contributed by atoms with Gasteiger partial charge in [-0.15, -0.1) is 0 Å². The Bertz CT molecular complexity index is 377. The number of aromatic nitrogens is 2. The summed E-state index contributed by atoms with van der Waals surface area (Å²) in [5.74, 6) is 0. The van der Waals surface area contributed by atoms with Crippen LogP contribution in [0.4, 0.5) is 0 Å². The molecule has 4 nitrogen and oxygen atoms in total. The van der Waals surface area contributed by atoms with E-state index in [9.17, 15) is 0 Å². The maximum Gasteiger partial charge on any atom is 0.0666 e. The number of hydrogen-bond donors (Lipinski definition) is 1. The van der Waals surface area contributed by atoms with Crippen molar-refractivity contribution in [2.75, 3.05) is 13.2 Å². The fourth-order valence-corrected chi connectivity index (χ4v) is 2.57. The maximum absolute atomic E-state index is 5.86. The van der Waals surface area contributed by atoms with E-state index in [2.05, 4.69) is 30.5 Å². The van der Waals surface area contributed by atoms with Gasteiger partial charge >= 0.3 is 0 Å². The van der Waals surface area contributed by atoms with Crippen molar-refractivity contribution in [1.29, 1.82) is 0 Å².